The van der Waals surface area contributed by atoms with Gasteiger partial charge in [0.05, 0.1) is 5.56 Å². The third kappa shape index (κ3) is 4.73. The quantitative estimate of drug-likeness (QED) is 0.609. The minimum absolute atomic E-state index is 0.218. The van der Waals surface area contributed by atoms with Crippen LogP contribution in [0.4, 0.5) is 4.79 Å². The summed E-state index contributed by atoms with van der Waals surface area (Å²) in [6.07, 6.45) is 1.46. The lowest BCUT2D eigenvalue weighted by Gasteiger charge is -2.18. The number of carbonyl (C=O) groups excluding carboxylic acids is 3. The summed E-state index contributed by atoms with van der Waals surface area (Å²) >= 11 is 0. The molecule has 0 radical (unpaired) electrons. The zero-order valence-electron chi connectivity index (χ0n) is 12.3. The number of fused-ring (bicyclic) bond motifs is 1. The Labute approximate surface area is 132 Å². The van der Waals surface area contributed by atoms with Gasteiger partial charge in [0.25, 0.3) is 5.91 Å². The van der Waals surface area contributed by atoms with Crippen LogP contribution >= 0.6 is 0 Å². The number of amides is 3. The molecule has 1 aromatic carbocycles. The molecule has 0 saturated carbocycles. The molecule has 1 heterocycles. The molecule has 0 fully saturated rings. The molecule has 1 aliphatic rings. The summed E-state index contributed by atoms with van der Waals surface area (Å²) in [5.74, 6) is -0.454. The van der Waals surface area contributed by atoms with Crippen molar-refractivity contribution in [3.8, 4) is 11.5 Å². The third-order valence-electron chi connectivity index (χ3n) is 2.77. The van der Waals surface area contributed by atoms with E-state index in [4.69, 9.17) is 14.2 Å². The number of hydrogen-bond acceptors (Lipinski definition) is 6. The molecule has 1 aromatic rings. The number of nitrogens with one attached hydrogen (secondary N) is 2. The van der Waals surface area contributed by atoms with Gasteiger partial charge in [-0.3, -0.25) is 10.1 Å². The highest BCUT2D eigenvalue weighted by molar-refractivity contribution is 5.97. The minimum atomic E-state index is -0.738. The Morgan fingerprint density at radius 1 is 1.22 bits per heavy atom. The maximum absolute atomic E-state index is 11.9. The van der Waals surface area contributed by atoms with Gasteiger partial charge in [0.15, 0.2) is 18.1 Å². The van der Waals surface area contributed by atoms with Crippen molar-refractivity contribution >= 4 is 17.9 Å². The Morgan fingerprint density at radius 2 is 1.96 bits per heavy atom. The van der Waals surface area contributed by atoms with E-state index in [1.807, 2.05) is 5.32 Å². The van der Waals surface area contributed by atoms with E-state index in [1.165, 1.54) is 18.2 Å². The molecule has 8 nitrogen and oxygen atoms in total. The highest BCUT2D eigenvalue weighted by Gasteiger charge is 2.17. The van der Waals surface area contributed by atoms with Crippen LogP contribution in [0.5, 0.6) is 11.5 Å². The molecular weight excluding hydrogens is 304 g/mol. The molecule has 8 heteroatoms. The first-order chi connectivity index (χ1) is 11.1. The van der Waals surface area contributed by atoms with Crippen molar-refractivity contribution in [3.05, 3.63) is 36.4 Å². The Bertz CT molecular complexity index is 628. The molecule has 23 heavy (non-hydrogen) atoms. The molecule has 122 valence electrons. The molecule has 0 aromatic heterocycles. The van der Waals surface area contributed by atoms with Crippen molar-refractivity contribution in [2.24, 2.45) is 0 Å². The molecule has 2 rings (SSSR count). The second-order valence-electron chi connectivity index (χ2n) is 4.48. The van der Waals surface area contributed by atoms with E-state index >= 15 is 0 Å². The van der Waals surface area contributed by atoms with Crippen molar-refractivity contribution in [1.29, 1.82) is 0 Å². The van der Waals surface area contributed by atoms with Crippen molar-refractivity contribution < 1.29 is 28.6 Å². The number of ether oxygens (including phenoxy) is 3. The maximum Gasteiger partial charge on any atom is 0.338 e. The summed E-state index contributed by atoms with van der Waals surface area (Å²) in [6, 6.07) is 3.88. The average molecular weight is 320 g/mol. The van der Waals surface area contributed by atoms with Crippen LogP contribution < -0.4 is 20.1 Å². The van der Waals surface area contributed by atoms with Gasteiger partial charge in [-0.15, -0.1) is 6.58 Å². The van der Waals surface area contributed by atoms with E-state index in [0.717, 1.165) is 0 Å². The second kappa shape index (κ2) is 7.83. The van der Waals surface area contributed by atoms with Crippen molar-refractivity contribution in [2.45, 2.75) is 0 Å². The first-order valence-corrected chi connectivity index (χ1v) is 6.85. The lowest BCUT2D eigenvalue weighted by molar-refractivity contribution is -0.123. The molecule has 1 aliphatic heterocycles. The van der Waals surface area contributed by atoms with Gasteiger partial charge >= 0.3 is 12.0 Å². The third-order valence-corrected chi connectivity index (χ3v) is 2.77. The summed E-state index contributed by atoms with van der Waals surface area (Å²) < 4.78 is 15.5. The van der Waals surface area contributed by atoms with Crippen LogP contribution in [0.2, 0.25) is 0 Å². The summed E-state index contributed by atoms with van der Waals surface area (Å²) in [6.45, 7) is 3.91. The van der Waals surface area contributed by atoms with E-state index in [1.54, 1.807) is 6.07 Å². The first-order valence-electron chi connectivity index (χ1n) is 6.85. The molecule has 0 saturated heterocycles. The number of carbonyl (C=O) groups is 3. The number of urea groups is 1. The molecule has 0 bridgehead atoms. The fourth-order valence-electron chi connectivity index (χ4n) is 1.76. The Balaban J connectivity index is 1.83. The van der Waals surface area contributed by atoms with Crippen LogP contribution in [0.3, 0.4) is 0 Å². The van der Waals surface area contributed by atoms with Crippen LogP contribution in [-0.4, -0.2) is 44.3 Å². The summed E-state index contributed by atoms with van der Waals surface area (Å²) in [4.78, 5) is 34.6. The zero-order valence-corrected chi connectivity index (χ0v) is 12.3. The normalized spacial score (nSPS) is 12.0. The Hall–Kier alpha value is -3.03. The number of esters is 1. The Morgan fingerprint density at radius 3 is 2.70 bits per heavy atom. The smallest absolute Gasteiger partial charge is 0.338 e. The fraction of sp³-hybridized carbons (Fsp3) is 0.267. The number of hydrogen-bond donors (Lipinski definition) is 2. The van der Waals surface area contributed by atoms with Gasteiger partial charge in [-0.05, 0) is 18.2 Å². The molecular formula is C15H16N2O6. The van der Waals surface area contributed by atoms with Gasteiger partial charge in [-0.25, -0.2) is 9.59 Å². The summed E-state index contributed by atoms with van der Waals surface area (Å²) in [5, 5.41) is 4.37. The van der Waals surface area contributed by atoms with Gasteiger partial charge in [-0.2, -0.15) is 0 Å². The highest BCUT2D eigenvalue weighted by Crippen LogP contribution is 2.30. The van der Waals surface area contributed by atoms with E-state index in [2.05, 4.69) is 11.9 Å². The maximum atomic E-state index is 11.9. The fourth-order valence-corrected chi connectivity index (χ4v) is 1.76. The predicted octanol–water partition coefficient (Wildman–Crippen LogP) is 0.626. The van der Waals surface area contributed by atoms with Gasteiger partial charge in [0.1, 0.15) is 13.2 Å². The zero-order chi connectivity index (χ0) is 16.7. The van der Waals surface area contributed by atoms with Crippen molar-refractivity contribution in [1.82, 2.24) is 10.6 Å². The number of rotatable bonds is 5. The van der Waals surface area contributed by atoms with Crippen LogP contribution in [-0.2, 0) is 9.53 Å². The molecule has 0 aliphatic carbocycles. The lowest BCUT2D eigenvalue weighted by Crippen LogP contribution is -2.41. The van der Waals surface area contributed by atoms with Crippen LogP contribution in [0, 0.1) is 0 Å². The van der Waals surface area contributed by atoms with Crippen molar-refractivity contribution in [2.75, 3.05) is 26.4 Å². The second-order valence-corrected chi connectivity index (χ2v) is 4.48. The first kappa shape index (κ1) is 16.3. The van der Waals surface area contributed by atoms with E-state index in [9.17, 15) is 14.4 Å². The van der Waals surface area contributed by atoms with E-state index in [0.29, 0.717) is 24.7 Å². The monoisotopic (exact) mass is 320 g/mol. The molecule has 0 spiro atoms. The molecule has 0 atom stereocenters. The Kier molecular flexibility index (Phi) is 5.56. The standard InChI is InChI=1S/C15H16N2O6/c1-2-5-16-15(20)17-13(18)9-23-14(19)10-3-4-11-12(8-10)22-7-6-21-11/h2-4,8H,1,5-7,9H2,(H2,16,17,18,20). The largest absolute Gasteiger partial charge is 0.486 e. The molecule has 0 unspecified atom stereocenters. The van der Waals surface area contributed by atoms with Crippen LogP contribution in [0.15, 0.2) is 30.9 Å². The summed E-state index contributed by atoms with van der Waals surface area (Å²) in [7, 11) is 0. The molecule has 2 N–H and O–H groups in total. The number of benzene rings is 1. The van der Waals surface area contributed by atoms with Crippen LogP contribution in [0.25, 0.3) is 0 Å². The molecule has 3 amide bonds. The number of imide groups is 1. The van der Waals surface area contributed by atoms with E-state index < -0.39 is 24.5 Å². The predicted molar refractivity (Wildman–Crippen MR) is 79.5 cm³/mol. The summed E-state index contributed by atoms with van der Waals surface area (Å²) in [5.41, 5.74) is 0.221. The lowest BCUT2D eigenvalue weighted by atomic mass is 10.2. The van der Waals surface area contributed by atoms with Gasteiger partial charge in [-0.1, -0.05) is 6.08 Å². The van der Waals surface area contributed by atoms with Crippen LogP contribution in [0.1, 0.15) is 10.4 Å². The topological polar surface area (TPSA) is 103 Å². The average Bonchev–Trinajstić information content (AvgIpc) is 2.57. The van der Waals surface area contributed by atoms with Gasteiger partial charge < -0.3 is 19.5 Å². The highest BCUT2D eigenvalue weighted by atomic mass is 16.6. The van der Waals surface area contributed by atoms with Gasteiger partial charge in [0, 0.05) is 6.54 Å². The van der Waals surface area contributed by atoms with E-state index in [-0.39, 0.29) is 12.1 Å². The van der Waals surface area contributed by atoms with Gasteiger partial charge in [0.2, 0.25) is 0 Å². The SMILES string of the molecule is C=CCNC(=O)NC(=O)COC(=O)c1ccc2c(c1)OCCO2. The minimum Gasteiger partial charge on any atom is -0.486 e. The van der Waals surface area contributed by atoms with Crippen molar-refractivity contribution in [3.63, 3.8) is 0 Å².